The molecule has 0 saturated heterocycles. The van der Waals surface area contributed by atoms with Crippen molar-refractivity contribution < 1.29 is 4.74 Å². The van der Waals surface area contributed by atoms with Crippen LogP contribution in [0.4, 0.5) is 5.82 Å². The van der Waals surface area contributed by atoms with E-state index in [2.05, 4.69) is 37.9 Å². The Balaban J connectivity index is 1.87. The van der Waals surface area contributed by atoms with Gasteiger partial charge in [0.25, 0.3) is 0 Å². The molecule has 0 radical (unpaired) electrons. The first kappa shape index (κ1) is 10.7. The molecule has 80 valence electrons. The molecule has 0 aliphatic carbocycles. The SMILES string of the molecule is Ic1cncnc1NCC1CCC=CO1. The largest absolute Gasteiger partial charge is 0.497 e. The van der Waals surface area contributed by atoms with Crippen LogP contribution in [0.25, 0.3) is 0 Å². The normalized spacial score (nSPS) is 19.7. The van der Waals surface area contributed by atoms with E-state index in [4.69, 9.17) is 4.74 Å². The van der Waals surface area contributed by atoms with Gasteiger partial charge in [0.05, 0.1) is 16.4 Å². The van der Waals surface area contributed by atoms with Gasteiger partial charge in [-0.05, 0) is 41.5 Å². The van der Waals surface area contributed by atoms with Crippen LogP contribution in [0.2, 0.25) is 0 Å². The Bertz CT molecular complexity index is 356. The fraction of sp³-hybridized carbons (Fsp3) is 0.400. The lowest BCUT2D eigenvalue weighted by Crippen LogP contribution is -2.23. The molecule has 1 aliphatic rings. The molecule has 1 unspecified atom stereocenters. The van der Waals surface area contributed by atoms with Crippen LogP contribution in [0, 0.1) is 3.57 Å². The van der Waals surface area contributed by atoms with Crippen LogP contribution in [0.3, 0.4) is 0 Å². The summed E-state index contributed by atoms with van der Waals surface area (Å²) in [6, 6.07) is 0. The molecule has 1 aliphatic heterocycles. The highest BCUT2D eigenvalue weighted by atomic mass is 127. The summed E-state index contributed by atoms with van der Waals surface area (Å²) in [5.74, 6) is 0.878. The number of hydrogen-bond acceptors (Lipinski definition) is 4. The van der Waals surface area contributed by atoms with Gasteiger partial charge in [0.15, 0.2) is 0 Å². The van der Waals surface area contributed by atoms with Crippen molar-refractivity contribution in [1.29, 1.82) is 0 Å². The van der Waals surface area contributed by atoms with Crippen LogP contribution in [0.1, 0.15) is 12.8 Å². The summed E-state index contributed by atoms with van der Waals surface area (Å²) < 4.78 is 6.48. The Morgan fingerprint density at radius 3 is 3.27 bits per heavy atom. The van der Waals surface area contributed by atoms with Gasteiger partial charge in [-0.15, -0.1) is 0 Å². The summed E-state index contributed by atoms with van der Waals surface area (Å²) in [4.78, 5) is 8.10. The van der Waals surface area contributed by atoms with Gasteiger partial charge in [0, 0.05) is 6.20 Å². The van der Waals surface area contributed by atoms with Crippen LogP contribution < -0.4 is 5.32 Å². The first-order valence-corrected chi connectivity index (χ1v) is 5.94. The number of rotatable bonds is 3. The van der Waals surface area contributed by atoms with Gasteiger partial charge in [0.2, 0.25) is 0 Å². The van der Waals surface area contributed by atoms with Crippen molar-refractivity contribution in [3.05, 3.63) is 28.4 Å². The summed E-state index contributed by atoms with van der Waals surface area (Å²) >= 11 is 2.21. The van der Waals surface area contributed by atoms with E-state index in [0.29, 0.717) is 0 Å². The van der Waals surface area contributed by atoms with Crippen molar-refractivity contribution in [3.8, 4) is 0 Å². The van der Waals surface area contributed by atoms with E-state index >= 15 is 0 Å². The van der Waals surface area contributed by atoms with Crippen molar-refractivity contribution in [2.24, 2.45) is 0 Å². The molecule has 1 N–H and O–H groups in total. The molecule has 5 heteroatoms. The van der Waals surface area contributed by atoms with Gasteiger partial charge in [0.1, 0.15) is 18.2 Å². The lowest BCUT2D eigenvalue weighted by Gasteiger charge is -2.20. The molecule has 1 atom stereocenters. The number of aromatic nitrogens is 2. The zero-order valence-corrected chi connectivity index (χ0v) is 10.3. The third kappa shape index (κ3) is 3.05. The Morgan fingerprint density at radius 2 is 2.53 bits per heavy atom. The number of hydrogen-bond donors (Lipinski definition) is 1. The minimum Gasteiger partial charge on any atom is -0.497 e. The Kier molecular flexibility index (Phi) is 3.76. The maximum absolute atomic E-state index is 5.45. The van der Waals surface area contributed by atoms with E-state index in [1.807, 2.05) is 6.08 Å². The lowest BCUT2D eigenvalue weighted by atomic mass is 10.1. The van der Waals surface area contributed by atoms with E-state index in [0.717, 1.165) is 28.8 Å². The van der Waals surface area contributed by atoms with Crippen molar-refractivity contribution in [3.63, 3.8) is 0 Å². The standard InChI is InChI=1S/C10H12IN3O/c11-9-6-12-7-14-10(9)13-5-8-3-1-2-4-15-8/h2,4,6-8H,1,3,5H2,(H,12,13,14). The molecule has 0 amide bonds. The topological polar surface area (TPSA) is 47.0 Å². The van der Waals surface area contributed by atoms with E-state index < -0.39 is 0 Å². The second-order valence-electron chi connectivity index (χ2n) is 3.31. The Labute approximate surface area is 102 Å². The molecule has 2 heterocycles. The molecule has 4 nitrogen and oxygen atoms in total. The highest BCUT2D eigenvalue weighted by Crippen LogP contribution is 2.15. The van der Waals surface area contributed by atoms with Gasteiger partial charge in [-0.1, -0.05) is 0 Å². The van der Waals surface area contributed by atoms with Crippen LogP contribution in [-0.4, -0.2) is 22.6 Å². The maximum Gasteiger partial charge on any atom is 0.142 e. The molecular weight excluding hydrogens is 305 g/mol. The summed E-state index contributed by atoms with van der Waals surface area (Å²) in [7, 11) is 0. The predicted octanol–water partition coefficient (Wildman–Crippen LogP) is 2.19. The molecule has 15 heavy (non-hydrogen) atoms. The molecule has 0 bridgehead atoms. The average Bonchev–Trinajstić information content (AvgIpc) is 2.29. The monoisotopic (exact) mass is 317 g/mol. The highest BCUT2D eigenvalue weighted by Gasteiger charge is 2.11. The number of allylic oxidation sites excluding steroid dienone is 1. The zero-order chi connectivity index (χ0) is 10.5. The molecule has 2 rings (SSSR count). The van der Waals surface area contributed by atoms with Crippen LogP contribution in [0.15, 0.2) is 24.9 Å². The minimum absolute atomic E-state index is 0.251. The van der Waals surface area contributed by atoms with Gasteiger partial charge >= 0.3 is 0 Å². The van der Waals surface area contributed by atoms with Crippen LogP contribution in [-0.2, 0) is 4.74 Å². The van der Waals surface area contributed by atoms with E-state index in [1.54, 1.807) is 18.8 Å². The smallest absolute Gasteiger partial charge is 0.142 e. The molecule has 1 aromatic rings. The number of anilines is 1. The fourth-order valence-corrected chi connectivity index (χ4v) is 1.88. The molecule has 0 aromatic carbocycles. The zero-order valence-electron chi connectivity index (χ0n) is 8.19. The highest BCUT2D eigenvalue weighted by molar-refractivity contribution is 14.1. The third-order valence-electron chi connectivity index (χ3n) is 2.19. The fourth-order valence-electron chi connectivity index (χ4n) is 1.39. The molecule has 0 spiro atoms. The van der Waals surface area contributed by atoms with Gasteiger partial charge in [-0.25, -0.2) is 9.97 Å². The first-order chi connectivity index (χ1) is 7.36. The number of nitrogens with one attached hydrogen (secondary N) is 1. The average molecular weight is 317 g/mol. The quantitative estimate of drug-likeness (QED) is 0.868. The van der Waals surface area contributed by atoms with Crippen molar-refractivity contribution in [2.75, 3.05) is 11.9 Å². The van der Waals surface area contributed by atoms with E-state index in [-0.39, 0.29) is 6.10 Å². The van der Waals surface area contributed by atoms with Crippen molar-refractivity contribution >= 4 is 28.4 Å². The van der Waals surface area contributed by atoms with Gasteiger partial charge in [-0.3, -0.25) is 0 Å². The first-order valence-electron chi connectivity index (χ1n) is 4.86. The minimum atomic E-state index is 0.251. The summed E-state index contributed by atoms with van der Waals surface area (Å²) in [6.07, 6.45) is 9.56. The summed E-state index contributed by atoms with van der Waals surface area (Å²) in [6.45, 7) is 0.789. The summed E-state index contributed by atoms with van der Waals surface area (Å²) in [5, 5.41) is 3.27. The molecular formula is C10H12IN3O. The Morgan fingerprint density at radius 1 is 1.60 bits per heavy atom. The van der Waals surface area contributed by atoms with Crippen LogP contribution >= 0.6 is 22.6 Å². The second-order valence-corrected chi connectivity index (χ2v) is 4.47. The number of nitrogens with zero attached hydrogens (tertiary/aromatic N) is 2. The molecule has 0 saturated carbocycles. The van der Waals surface area contributed by atoms with Gasteiger partial charge < -0.3 is 10.1 Å². The third-order valence-corrected chi connectivity index (χ3v) is 2.98. The summed E-state index contributed by atoms with van der Waals surface area (Å²) in [5.41, 5.74) is 0. The maximum atomic E-state index is 5.45. The molecule has 1 aromatic heterocycles. The Hall–Kier alpha value is -0.850. The number of halogens is 1. The van der Waals surface area contributed by atoms with Gasteiger partial charge in [-0.2, -0.15) is 0 Å². The molecule has 0 fully saturated rings. The van der Waals surface area contributed by atoms with Crippen LogP contribution in [0.5, 0.6) is 0 Å². The predicted molar refractivity (Wildman–Crippen MR) is 66.5 cm³/mol. The second kappa shape index (κ2) is 5.29. The van der Waals surface area contributed by atoms with Crippen molar-refractivity contribution in [1.82, 2.24) is 9.97 Å². The van der Waals surface area contributed by atoms with E-state index in [1.165, 1.54) is 0 Å². The van der Waals surface area contributed by atoms with E-state index in [9.17, 15) is 0 Å². The lowest BCUT2D eigenvalue weighted by molar-refractivity contribution is 0.135. The van der Waals surface area contributed by atoms with Crippen molar-refractivity contribution in [2.45, 2.75) is 18.9 Å². The number of ether oxygens (including phenoxy) is 1.